The standard InChI is InChI=1S/C18H19ClN2O2S/c19-16-11-9-15(10-12-16)18(21-13-5-2-6-14-21)20-24(22,23)17-7-3-1-4-8-17/h1,3-4,7-12H,2,5-6,13-14H2/b20-18+. The van der Waals surface area contributed by atoms with E-state index in [9.17, 15) is 8.42 Å². The Morgan fingerprint density at radius 2 is 1.54 bits per heavy atom. The molecule has 0 spiro atoms. The Hall–Kier alpha value is -1.85. The van der Waals surface area contributed by atoms with Crippen LogP contribution < -0.4 is 0 Å². The number of hydrogen-bond donors (Lipinski definition) is 0. The van der Waals surface area contributed by atoms with Crippen LogP contribution in [-0.4, -0.2) is 32.2 Å². The summed E-state index contributed by atoms with van der Waals surface area (Å²) >= 11 is 5.96. The number of hydrogen-bond acceptors (Lipinski definition) is 2. The number of sulfonamides is 1. The van der Waals surface area contributed by atoms with E-state index in [-0.39, 0.29) is 4.90 Å². The van der Waals surface area contributed by atoms with E-state index in [0.717, 1.165) is 37.9 Å². The molecule has 0 aromatic heterocycles. The molecular weight excluding hydrogens is 344 g/mol. The Morgan fingerprint density at radius 1 is 0.917 bits per heavy atom. The van der Waals surface area contributed by atoms with Gasteiger partial charge in [0.25, 0.3) is 10.0 Å². The van der Waals surface area contributed by atoms with E-state index in [2.05, 4.69) is 4.40 Å². The summed E-state index contributed by atoms with van der Waals surface area (Å²) in [5.74, 6) is 0.496. The lowest BCUT2D eigenvalue weighted by Crippen LogP contribution is -2.36. The van der Waals surface area contributed by atoms with Crippen molar-refractivity contribution in [2.75, 3.05) is 13.1 Å². The van der Waals surface area contributed by atoms with Crippen molar-refractivity contribution >= 4 is 27.5 Å². The Kier molecular flexibility index (Phi) is 5.21. The molecule has 0 aliphatic carbocycles. The molecule has 4 nitrogen and oxygen atoms in total. The minimum atomic E-state index is -3.75. The van der Waals surface area contributed by atoms with Gasteiger partial charge in [0, 0.05) is 23.7 Å². The Labute approximate surface area is 147 Å². The van der Waals surface area contributed by atoms with Crippen LogP contribution in [0.3, 0.4) is 0 Å². The summed E-state index contributed by atoms with van der Waals surface area (Å²) in [6.45, 7) is 1.62. The second-order valence-electron chi connectivity index (χ2n) is 5.76. The first-order chi connectivity index (χ1) is 11.6. The lowest BCUT2D eigenvalue weighted by atomic mass is 10.1. The minimum absolute atomic E-state index is 0.202. The molecule has 126 valence electrons. The predicted molar refractivity (Wildman–Crippen MR) is 97.0 cm³/mol. The van der Waals surface area contributed by atoms with Crippen LogP contribution in [0.5, 0.6) is 0 Å². The van der Waals surface area contributed by atoms with Gasteiger partial charge in [-0.2, -0.15) is 8.42 Å². The monoisotopic (exact) mass is 362 g/mol. The molecule has 0 atom stereocenters. The quantitative estimate of drug-likeness (QED) is 0.613. The van der Waals surface area contributed by atoms with Crippen LogP contribution >= 0.6 is 11.6 Å². The van der Waals surface area contributed by atoms with Crippen molar-refractivity contribution in [1.29, 1.82) is 0 Å². The number of nitrogens with zero attached hydrogens (tertiary/aromatic N) is 2. The summed E-state index contributed by atoms with van der Waals surface area (Å²) in [7, 11) is -3.75. The Bertz CT molecular complexity index is 812. The molecule has 2 aromatic carbocycles. The average molecular weight is 363 g/mol. The lowest BCUT2D eigenvalue weighted by Gasteiger charge is -2.29. The molecule has 1 aliphatic heterocycles. The van der Waals surface area contributed by atoms with Crippen molar-refractivity contribution in [2.45, 2.75) is 24.2 Å². The lowest BCUT2D eigenvalue weighted by molar-refractivity contribution is 0.343. The van der Waals surface area contributed by atoms with E-state index < -0.39 is 10.0 Å². The number of rotatable bonds is 3. The molecule has 0 bridgehead atoms. The largest absolute Gasteiger partial charge is 0.355 e. The third-order valence-corrected chi connectivity index (χ3v) is 5.54. The van der Waals surface area contributed by atoms with Gasteiger partial charge in [0.2, 0.25) is 0 Å². The van der Waals surface area contributed by atoms with Crippen molar-refractivity contribution in [3.63, 3.8) is 0 Å². The molecule has 6 heteroatoms. The van der Waals surface area contributed by atoms with Crippen LogP contribution in [0, 0.1) is 0 Å². The van der Waals surface area contributed by atoms with Crippen molar-refractivity contribution in [3.8, 4) is 0 Å². The fourth-order valence-electron chi connectivity index (χ4n) is 2.76. The zero-order valence-electron chi connectivity index (χ0n) is 13.2. The highest BCUT2D eigenvalue weighted by molar-refractivity contribution is 7.90. The molecule has 1 aliphatic rings. The van der Waals surface area contributed by atoms with Crippen molar-refractivity contribution in [2.24, 2.45) is 4.40 Å². The van der Waals surface area contributed by atoms with Gasteiger partial charge >= 0.3 is 0 Å². The van der Waals surface area contributed by atoms with Crippen molar-refractivity contribution in [1.82, 2.24) is 4.90 Å². The summed E-state index contributed by atoms with van der Waals surface area (Å²) in [5, 5.41) is 0.614. The fraction of sp³-hybridized carbons (Fsp3) is 0.278. The second-order valence-corrected chi connectivity index (χ2v) is 7.80. The highest BCUT2D eigenvalue weighted by atomic mass is 35.5. The third kappa shape index (κ3) is 3.97. The molecule has 0 N–H and O–H groups in total. The van der Waals surface area contributed by atoms with Gasteiger partial charge in [-0.25, -0.2) is 0 Å². The number of amidine groups is 1. The molecule has 0 amide bonds. The van der Waals surface area contributed by atoms with Gasteiger partial charge in [0.05, 0.1) is 4.90 Å². The number of benzene rings is 2. The molecule has 0 unspecified atom stereocenters. The van der Waals surface area contributed by atoms with Crippen LogP contribution in [0.4, 0.5) is 0 Å². The van der Waals surface area contributed by atoms with E-state index in [1.165, 1.54) is 0 Å². The van der Waals surface area contributed by atoms with Crippen LogP contribution in [-0.2, 0) is 10.0 Å². The zero-order chi connectivity index (χ0) is 17.0. The Morgan fingerprint density at radius 3 is 2.17 bits per heavy atom. The zero-order valence-corrected chi connectivity index (χ0v) is 14.8. The number of halogens is 1. The molecule has 1 saturated heterocycles. The number of likely N-dealkylation sites (tertiary alicyclic amines) is 1. The van der Waals surface area contributed by atoms with Gasteiger partial charge in [0.1, 0.15) is 5.84 Å². The van der Waals surface area contributed by atoms with Crippen molar-refractivity contribution < 1.29 is 8.42 Å². The maximum Gasteiger partial charge on any atom is 0.284 e. The topological polar surface area (TPSA) is 49.7 Å². The van der Waals surface area contributed by atoms with E-state index in [0.29, 0.717) is 10.9 Å². The summed E-state index contributed by atoms with van der Waals surface area (Å²) in [4.78, 5) is 2.25. The van der Waals surface area contributed by atoms with Gasteiger partial charge in [-0.3, -0.25) is 0 Å². The maximum absolute atomic E-state index is 12.7. The van der Waals surface area contributed by atoms with Gasteiger partial charge in [-0.05, 0) is 55.7 Å². The van der Waals surface area contributed by atoms with E-state index in [4.69, 9.17) is 11.6 Å². The van der Waals surface area contributed by atoms with Gasteiger partial charge in [-0.15, -0.1) is 4.40 Å². The summed E-state index contributed by atoms with van der Waals surface area (Å²) in [6, 6.07) is 15.5. The van der Waals surface area contributed by atoms with Crippen molar-refractivity contribution in [3.05, 3.63) is 65.2 Å². The molecule has 3 rings (SSSR count). The van der Waals surface area contributed by atoms with E-state index >= 15 is 0 Å². The van der Waals surface area contributed by atoms with Gasteiger partial charge < -0.3 is 4.90 Å². The summed E-state index contributed by atoms with van der Waals surface area (Å²) in [6.07, 6.45) is 3.24. The number of piperidine rings is 1. The molecular formula is C18H19ClN2O2S. The summed E-state index contributed by atoms with van der Waals surface area (Å²) in [5.41, 5.74) is 0.765. The maximum atomic E-state index is 12.7. The predicted octanol–water partition coefficient (Wildman–Crippen LogP) is 3.96. The van der Waals surface area contributed by atoms with Crippen LogP contribution in [0.25, 0.3) is 0 Å². The average Bonchev–Trinajstić information content (AvgIpc) is 2.62. The minimum Gasteiger partial charge on any atom is -0.355 e. The van der Waals surface area contributed by atoms with E-state index in [1.54, 1.807) is 42.5 Å². The second kappa shape index (κ2) is 7.36. The highest BCUT2D eigenvalue weighted by Crippen LogP contribution is 2.19. The van der Waals surface area contributed by atoms with Crippen LogP contribution in [0.15, 0.2) is 63.9 Å². The SMILES string of the molecule is O=S(=O)(/N=C(\c1ccc(Cl)cc1)N1CCCCC1)c1ccccc1. The smallest absolute Gasteiger partial charge is 0.284 e. The molecule has 0 saturated carbocycles. The van der Waals surface area contributed by atoms with Crippen LogP contribution in [0.1, 0.15) is 24.8 Å². The first kappa shape index (κ1) is 17.0. The first-order valence-electron chi connectivity index (χ1n) is 7.97. The third-order valence-electron chi connectivity index (χ3n) is 4.01. The van der Waals surface area contributed by atoms with Crippen LogP contribution in [0.2, 0.25) is 5.02 Å². The first-order valence-corrected chi connectivity index (χ1v) is 9.79. The molecule has 0 radical (unpaired) electrons. The normalized spacial score (nSPS) is 16.2. The molecule has 24 heavy (non-hydrogen) atoms. The molecule has 2 aromatic rings. The van der Waals surface area contributed by atoms with Gasteiger partial charge in [-0.1, -0.05) is 29.8 Å². The molecule has 1 fully saturated rings. The highest BCUT2D eigenvalue weighted by Gasteiger charge is 2.21. The fourth-order valence-corrected chi connectivity index (χ4v) is 3.94. The summed E-state index contributed by atoms with van der Waals surface area (Å²) < 4.78 is 29.5. The van der Waals surface area contributed by atoms with Gasteiger partial charge in [0.15, 0.2) is 0 Å². The van der Waals surface area contributed by atoms with E-state index in [1.807, 2.05) is 17.0 Å². The Balaban J connectivity index is 2.05. The molecule has 1 heterocycles.